The average molecular weight is 501 g/mol. The highest BCUT2D eigenvalue weighted by Crippen LogP contribution is 2.28. The Hall–Kier alpha value is -3.51. The second-order valence-corrected chi connectivity index (χ2v) is 8.85. The topological polar surface area (TPSA) is 59.5 Å². The van der Waals surface area contributed by atoms with E-state index >= 15 is 0 Å². The Bertz CT molecular complexity index is 1350. The number of aromatic nitrogens is 1. The largest absolute Gasteiger partial charge is 0.452 e. The van der Waals surface area contributed by atoms with Gasteiger partial charge in [-0.25, -0.2) is 9.78 Å². The lowest BCUT2D eigenvalue weighted by Crippen LogP contribution is -2.38. The summed E-state index contributed by atoms with van der Waals surface area (Å²) in [7, 11) is 0. The number of anilines is 1. The summed E-state index contributed by atoms with van der Waals surface area (Å²) in [5.74, 6) is -0.757. The van der Waals surface area contributed by atoms with Crippen LogP contribution in [0.1, 0.15) is 22.3 Å². The van der Waals surface area contributed by atoms with Gasteiger partial charge in [-0.2, -0.15) is 0 Å². The molecule has 0 bridgehead atoms. The predicted molar refractivity (Wildman–Crippen MR) is 132 cm³/mol. The number of carbonyl (C=O) groups is 2. The molecule has 4 aromatic rings. The van der Waals surface area contributed by atoms with Gasteiger partial charge in [-0.05, 0) is 48.7 Å². The normalized spacial score (nSPS) is 12.9. The van der Waals surface area contributed by atoms with Crippen LogP contribution in [0, 0.1) is 0 Å². The lowest BCUT2D eigenvalue weighted by Gasteiger charge is -2.29. The Morgan fingerprint density at radius 2 is 1.73 bits per heavy atom. The molecule has 5 nitrogen and oxygen atoms in total. The molecular weight excluding hydrogens is 480 g/mol. The number of amides is 1. The van der Waals surface area contributed by atoms with E-state index < -0.39 is 5.97 Å². The maximum atomic E-state index is 13.1. The van der Waals surface area contributed by atoms with Crippen LogP contribution in [-0.4, -0.2) is 30.0 Å². The Morgan fingerprint density at radius 1 is 0.970 bits per heavy atom. The standard InChI is InChI=1S/C27H21BrN2O3/c28-20-13-11-18(12-14-20)24-16-22(21-8-2-3-9-23(21)29-24)27(32)33-17-26(31)30-15-5-7-19-6-1-4-10-25(19)30/h1-4,6,8-14,16H,5,7,15,17H2. The minimum Gasteiger partial charge on any atom is -0.452 e. The zero-order chi connectivity index (χ0) is 22.8. The summed E-state index contributed by atoms with van der Waals surface area (Å²) >= 11 is 3.44. The van der Waals surface area contributed by atoms with Crippen LogP contribution < -0.4 is 4.90 Å². The van der Waals surface area contributed by atoms with Crippen LogP contribution in [0.2, 0.25) is 0 Å². The van der Waals surface area contributed by atoms with Gasteiger partial charge in [0.2, 0.25) is 0 Å². The minimum absolute atomic E-state index is 0.220. The first-order valence-corrected chi connectivity index (χ1v) is 11.6. The van der Waals surface area contributed by atoms with E-state index in [2.05, 4.69) is 15.9 Å². The summed E-state index contributed by atoms with van der Waals surface area (Å²) in [6.45, 7) is 0.316. The molecule has 0 aliphatic carbocycles. The molecule has 33 heavy (non-hydrogen) atoms. The van der Waals surface area contributed by atoms with Crippen molar-refractivity contribution in [2.24, 2.45) is 0 Å². The number of benzene rings is 3. The highest BCUT2D eigenvalue weighted by Gasteiger charge is 2.24. The summed E-state index contributed by atoms with van der Waals surface area (Å²) in [6, 6.07) is 24.8. The molecule has 1 aliphatic heterocycles. The Kier molecular flexibility index (Phi) is 5.92. The molecule has 3 aromatic carbocycles. The van der Waals surface area contributed by atoms with Crippen molar-refractivity contribution in [2.45, 2.75) is 12.8 Å². The second-order valence-electron chi connectivity index (χ2n) is 7.93. The second kappa shape index (κ2) is 9.16. The number of carbonyl (C=O) groups excluding carboxylic acids is 2. The summed E-state index contributed by atoms with van der Waals surface area (Å²) in [4.78, 5) is 32.4. The van der Waals surface area contributed by atoms with Gasteiger partial charge in [-0.15, -0.1) is 0 Å². The zero-order valence-electron chi connectivity index (χ0n) is 17.8. The Balaban J connectivity index is 1.40. The minimum atomic E-state index is -0.536. The van der Waals surface area contributed by atoms with Gasteiger partial charge >= 0.3 is 5.97 Å². The SMILES string of the molecule is O=C(OCC(=O)N1CCCc2ccccc21)c1cc(-c2ccc(Br)cc2)nc2ccccc12. The van der Waals surface area contributed by atoms with E-state index in [1.54, 1.807) is 11.0 Å². The van der Waals surface area contributed by atoms with Crippen LogP contribution in [0.25, 0.3) is 22.2 Å². The Labute approximate surface area is 200 Å². The van der Waals surface area contributed by atoms with E-state index in [0.29, 0.717) is 28.7 Å². The number of hydrogen-bond acceptors (Lipinski definition) is 4. The van der Waals surface area contributed by atoms with Crippen molar-refractivity contribution < 1.29 is 14.3 Å². The number of para-hydroxylation sites is 2. The first-order chi connectivity index (χ1) is 16.1. The van der Waals surface area contributed by atoms with Crippen LogP contribution in [0.4, 0.5) is 5.69 Å². The van der Waals surface area contributed by atoms with Crippen LogP contribution in [0.5, 0.6) is 0 Å². The van der Waals surface area contributed by atoms with Crippen LogP contribution >= 0.6 is 15.9 Å². The van der Waals surface area contributed by atoms with E-state index in [1.807, 2.05) is 72.8 Å². The van der Waals surface area contributed by atoms with E-state index in [9.17, 15) is 9.59 Å². The molecule has 0 atom stereocenters. The maximum Gasteiger partial charge on any atom is 0.339 e. The number of esters is 1. The summed E-state index contributed by atoms with van der Waals surface area (Å²) in [6.07, 6.45) is 1.84. The van der Waals surface area contributed by atoms with E-state index in [0.717, 1.165) is 34.1 Å². The number of aryl methyl sites for hydroxylation is 1. The predicted octanol–water partition coefficient (Wildman–Crippen LogP) is 5.80. The van der Waals surface area contributed by atoms with Crippen molar-refractivity contribution in [3.05, 3.63) is 94.5 Å². The summed E-state index contributed by atoms with van der Waals surface area (Å²) < 4.78 is 6.47. The number of nitrogens with zero attached hydrogens (tertiary/aromatic N) is 2. The van der Waals surface area contributed by atoms with Crippen molar-refractivity contribution >= 4 is 44.4 Å². The average Bonchev–Trinajstić information content (AvgIpc) is 2.86. The molecule has 6 heteroatoms. The molecule has 0 saturated carbocycles. The fourth-order valence-electron chi connectivity index (χ4n) is 4.19. The number of fused-ring (bicyclic) bond motifs is 2. The van der Waals surface area contributed by atoms with E-state index in [4.69, 9.17) is 9.72 Å². The smallest absolute Gasteiger partial charge is 0.339 e. The van der Waals surface area contributed by atoms with Crippen molar-refractivity contribution in [3.63, 3.8) is 0 Å². The van der Waals surface area contributed by atoms with Crippen LogP contribution in [-0.2, 0) is 16.0 Å². The number of pyridine rings is 1. The van der Waals surface area contributed by atoms with Gasteiger partial charge in [-0.1, -0.05) is 64.5 Å². The van der Waals surface area contributed by atoms with Gasteiger partial charge in [-0.3, -0.25) is 4.79 Å². The van der Waals surface area contributed by atoms with Gasteiger partial charge in [0.05, 0.1) is 16.8 Å². The van der Waals surface area contributed by atoms with Crippen molar-refractivity contribution in [3.8, 4) is 11.3 Å². The highest BCUT2D eigenvalue weighted by atomic mass is 79.9. The maximum absolute atomic E-state index is 13.1. The number of hydrogen-bond donors (Lipinski definition) is 0. The van der Waals surface area contributed by atoms with Crippen molar-refractivity contribution in [1.29, 1.82) is 0 Å². The van der Waals surface area contributed by atoms with E-state index in [-0.39, 0.29) is 12.5 Å². The monoisotopic (exact) mass is 500 g/mol. The molecule has 0 saturated heterocycles. The molecule has 0 N–H and O–H groups in total. The molecule has 164 valence electrons. The molecule has 0 unspecified atom stereocenters. The lowest BCUT2D eigenvalue weighted by atomic mass is 10.0. The van der Waals surface area contributed by atoms with Gasteiger partial charge in [0.15, 0.2) is 6.61 Å². The van der Waals surface area contributed by atoms with Crippen LogP contribution in [0.15, 0.2) is 83.3 Å². The third-order valence-electron chi connectivity index (χ3n) is 5.81. The number of ether oxygens (including phenoxy) is 1. The van der Waals surface area contributed by atoms with E-state index in [1.165, 1.54) is 0 Å². The molecule has 0 fully saturated rings. The number of rotatable bonds is 4. The molecule has 0 spiro atoms. The lowest BCUT2D eigenvalue weighted by molar-refractivity contribution is -0.121. The molecule has 1 amide bonds. The molecule has 0 radical (unpaired) electrons. The van der Waals surface area contributed by atoms with Crippen molar-refractivity contribution in [1.82, 2.24) is 4.98 Å². The molecule has 1 aliphatic rings. The zero-order valence-corrected chi connectivity index (χ0v) is 19.4. The first kappa shape index (κ1) is 21.3. The fourth-order valence-corrected chi connectivity index (χ4v) is 4.45. The molecule has 5 rings (SSSR count). The summed E-state index contributed by atoms with van der Waals surface area (Å²) in [5.41, 5.74) is 4.69. The number of halogens is 1. The summed E-state index contributed by atoms with van der Waals surface area (Å²) in [5, 5.41) is 0.694. The third-order valence-corrected chi connectivity index (χ3v) is 6.34. The molecule has 1 aromatic heterocycles. The quantitative estimate of drug-likeness (QED) is 0.332. The van der Waals surface area contributed by atoms with Gasteiger partial charge < -0.3 is 9.64 Å². The van der Waals surface area contributed by atoms with Gasteiger partial charge in [0.1, 0.15) is 0 Å². The fraction of sp³-hybridized carbons (Fsp3) is 0.148. The van der Waals surface area contributed by atoms with Gasteiger partial charge in [0, 0.05) is 27.7 Å². The molecular formula is C27H21BrN2O3. The van der Waals surface area contributed by atoms with Crippen LogP contribution in [0.3, 0.4) is 0 Å². The highest BCUT2D eigenvalue weighted by molar-refractivity contribution is 9.10. The Morgan fingerprint density at radius 3 is 2.58 bits per heavy atom. The molecule has 2 heterocycles. The van der Waals surface area contributed by atoms with Gasteiger partial charge in [0.25, 0.3) is 5.91 Å². The first-order valence-electron chi connectivity index (χ1n) is 10.8. The third kappa shape index (κ3) is 4.39. The van der Waals surface area contributed by atoms with Crippen molar-refractivity contribution in [2.75, 3.05) is 18.1 Å².